The molecule has 0 saturated carbocycles. The fourth-order valence-corrected chi connectivity index (χ4v) is 3.65. The average molecular weight is 367 g/mol. The summed E-state index contributed by atoms with van der Waals surface area (Å²) in [6, 6.07) is 16.8. The van der Waals surface area contributed by atoms with Crippen molar-refractivity contribution in [3.63, 3.8) is 0 Å². The highest BCUT2D eigenvalue weighted by molar-refractivity contribution is 7.10. The van der Waals surface area contributed by atoms with E-state index in [0.29, 0.717) is 0 Å². The van der Waals surface area contributed by atoms with Crippen molar-refractivity contribution in [3.05, 3.63) is 64.5 Å². The summed E-state index contributed by atoms with van der Waals surface area (Å²) in [7, 11) is 3.80. The van der Waals surface area contributed by atoms with E-state index in [1.54, 1.807) is 18.4 Å². The first-order valence-corrected chi connectivity index (χ1v) is 9.65. The Morgan fingerprint density at radius 3 is 2.19 bits per heavy atom. The van der Waals surface area contributed by atoms with Crippen molar-refractivity contribution >= 4 is 17.0 Å². The molecule has 0 saturated heterocycles. The molecule has 0 N–H and O–H groups in total. The van der Waals surface area contributed by atoms with E-state index >= 15 is 0 Å². The zero-order valence-electron chi connectivity index (χ0n) is 16.1. The Bertz CT molecular complexity index is 845. The maximum Gasteiger partial charge on any atom is 0.118 e. The van der Waals surface area contributed by atoms with Gasteiger partial charge in [0.1, 0.15) is 5.75 Å². The highest BCUT2D eigenvalue weighted by Crippen LogP contribution is 2.30. The van der Waals surface area contributed by atoms with Gasteiger partial charge in [-0.15, -0.1) is 11.3 Å². The minimum atomic E-state index is 0.0987. The van der Waals surface area contributed by atoms with Gasteiger partial charge in [0.2, 0.25) is 0 Å². The number of rotatable bonds is 5. The molecule has 3 nitrogen and oxygen atoms in total. The second kappa shape index (κ2) is 7.50. The lowest BCUT2D eigenvalue weighted by Gasteiger charge is -2.20. The fraction of sp³-hybridized carbons (Fsp3) is 0.318. The molecule has 0 radical (unpaired) electrons. The molecule has 136 valence electrons. The van der Waals surface area contributed by atoms with Gasteiger partial charge >= 0.3 is 0 Å². The molecule has 26 heavy (non-hydrogen) atoms. The van der Waals surface area contributed by atoms with Gasteiger partial charge < -0.3 is 9.64 Å². The van der Waals surface area contributed by atoms with Crippen LogP contribution in [-0.2, 0) is 12.0 Å². The molecule has 0 amide bonds. The quantitative estimate of drug-likeness (QED) is 0.574. The molecule has 0 aliphatic carbocycles. The van der Waals surface area contributed by atoms with Gasteiger partial charge in [0.25, 0.3) is 0 Å². The first-order chi connectivity index (χ1) is 12.4. The zero-order chi connectivity index (χ0) is 18.7. The van der Waals surface area contributed by atoms with Crippen LogP contribution in [0, 0.1) is 0 Å². The van der Waals surface area contributed by atoms with E-state index < -0.39 is 0 Å². The van der Waals surface area contributed by atoms with E-state index in [1.165, 1.54) is 21.8 Å². The smallest absolute Gasteiger partial charge is 0.118 e. The maximum atomic E-state index is 5.22. The molecule has 3 aromatic rings. The molecule has 1 heterocycles. The van der Waals surface area contributed by atoms with Crippen LogP contribution in [-0.4, -0.2) is 19.1 Å². The minimum Gasteiger partial charge on any atom is -0.497 e. The third-order valence-corrected chi connectivity index (χ3v) is 5.60. The van der Waals surface area contributed by atoms with E-state index in [-0.39, 0.29) is 5.41 Å². The Balaban J connectivity index is 1.71. The third-order valence-electron chi connectivity index (χ3n) is 4.33. The van der Waals surface area contributed by atoms with Gasteiger partial charge in [-0.2, -0.15) is 0 Å². The van der Waals surface area contributed by atoms with Crippen LogP contribution in [0.15, 0.2) is 53.9 Å². The Morgan fingerprint density at radius 2 is 1.65 bits per heavy atom. The van der Waals surface area contributed by atoms with Crippen LogP contribution in [0.1, 0.15) is 31.3 Å². The van der Waals surface area contributed by atoms with Crippen LogP contribution in [0.4, 0.5) is 5.69 Å². The molecule has 0 spiro atoms. The lowest BCUT2D eigenvalue weighted by molar-refractivity contribution is 0.414. The summed E-state index contributed by atoms with van der Waals surface area (Å²) in [5.41, 5.74) is 4.77. The molecule has 0 bridgehead atoms. The summed E-state index contributed by atoms with van der Waals surface area (Å²) in [6.45, 7) is 7.46. The van der Waals surface area contributed by atoms with Crippen LogP contribution in [0.3, 0.4) is 0 Å². The Morgan fingerprint density at radius 1 is 1.00 bits per heavy atom. The molecule has 0 atom stereocenters. The number of benzene rings is 2. The lowest BCUT2D eigenvalue weighted by atomic mass is 9.98. The molecule has 0 aliphatic rings. The average Bonchev–Trinajstić information content (AvgIpc) is 3.13. The molecule has 1 aromatic heterocycles. The van der Waals surface area contributed by atoms with Gasteiger partial charge in [-0.1, -0.05) is 45.0 Å². The maximum absolute atomic E-state index is 5.22. The van der Waals surface area contributed by atoms with Gasteiger partial charge in [0.15, 0.2) is 0 Å². The van der Waals surface area contributed by atoms with Crippen molar-refractivity contribution in [3.8, 4) is 17.0 Å². The number of methoxy groups -OCH3 is 1. The van der Waals surface area contributed by atoms with Crippen LogP contribution >= 0.6 is 11.3 Å². The molecule has 3 rings (SSSR count). The largest absolute Gasteiger partial charge is 0.497 e. The van der Waals surface area contributed by atoms with Crippen LogP contribution in [0.5, 0.6) is 5.75 Å². The summed E-state index contributed by atoms with van der Waals surface area (Å²) in [5, 5.41) is 3.32. The fourth-order valence-electron chi connectivity index (χ4n) is 2.73. The Kier molecular flexibility index (Phi) is 5.33. The van der Waals surface area contributed by atoms with E-state index in [1.807, 2.05) is 12.1 Å². The van der Waals surface area contributed by atoms with E-state index in [2.05, 4.69) is 74.5 Å². The van der Waals surface area contributed by atoms with Gasteiger partial charge in [0, 0.05) is 35.6 Å². The van der Waals surface area contributed by atoms with Gasteiger partial charge in [0.05, 0.1) is 17.8 Å². The van der Waals surface area contributed by atoms with Gasteiger partial charge in [-0.25, -0.2) is 4.98 Å². The molecule has 0 unspecified atom stereocenters. The first-order valence-electron chi connectivity index (χ1n) is 8.77. The van der Waals surface area contributed by atoms with Crippen LogP contribution < -0.4 is 9.64 Å². The summed E-state index contributed by atoms with van der Waals surface area (Å²) >= 11 is 1.73. The molecule has 0 aliphatic heterocycles. The van der Waals surface area contributed by atoms with Crippen molar-refractivity contribution < 1.29 is 4.74 Å². The van der Waals surface area contributed by atoms with E-state index in [9.17, 15) is 0 Å². The van der Waals surface area contributed by atoms with Crippen LogP contribution in [0.2, 0.25) is 0 Å². The predicted octanol–water partition coefficient (Wildman–Crippen LogP) is 5.75. The zero-order valence-corrected chi connectivity index (χ0v) is 16.9. The van der Waals surface area contributed by atoms with E-state index in [0.717, 1.165) is 18.0 Å². The SMILES string of the molecule is COc1ccc(CN(C)c2ccc(-c3csc(C(C)(C)C)n3)cc2)cc1. The molecular weight excluding hydrogens is 340 g/mol. The molecule has 2 aromatic carbocycles. The highest BCUT2D eigenvalue weighted by atomic mass is 32.1. The third kappa shape index (κ3) is 4.25. The van der Waals surface area contributed by atoms with Crippen molar-refractivity contribution in [1.29, 1.82) is 0 Å². The normalized spacial score (nSPS) is 11.4. The molecule has 4 heteroatoms. The van der Waals surface area contributed by atoms with Crippen molar-refractivity contribution in [2.24, 2.45) is 0 Å². The van der Waals surface area contributed by atoms with Crippen LogP contribution in [0.25, 0.3) is 11.3 Å². The number of hydrogen-bond donors (Lipinski definition) is 0. The van der Waals surface area contributed by atoms with Gasteiger partial charge in [-0.05, 0) is 29.8 Å². The summed E-state index contributed by atoms with van der Waals surface area (Å²) in [5.74, 6) is 0.888. The second-order valence-corrected chi connectivity index (χ2v) is 8.40. The number of hydrogen-bond acceptors (Lipinski definition) is 4. The number of aromatic nitrogens is 1. The summed E-state index contributed by atoms with van der Waals surface area (Å²) < 4.78 is 5.22. The predicted molar refractivity (Wildman–Crippen MR) is 111 cm³/mol. The summed E-state index contributed by atoms with van der Waals surface area (Å²) in [4.78, 5) is 7.05. The number of nitrogens with zero attached hydrogens (tertiary/aromatic N) is 2. The monoisotopic (exact) mass is 366 g/mol. The number of thiazole rings is 1. The lowest BCUT2D eigenvalue weighted by Crippen LogP contribution is -2.16. The van der Waals surface area contributed by atoms with E-state index in [4.69, 9.17) is 9.72 Å². The molecular formula is C22H26N2OS. The highest BCUT2D eigenvalue weighted by Gasteiger charge is 2.18. The number of ether oxygens (including phenoxy) is 1. The Hall–Kier alpha value is -2.33. The van der Waals surface area contributed by atoms with Crippen molar-refractivity contribution in [2.45, 2.75) is 32.7 Å². The number of anilines is 1. The summed E-state index contributed by atoms with van der Waals surface area (Å²) in [6.07, 6.45) is 0. The van der Waals surface area contributed by atoms with Crippen molar-refractivity contribution in [1.82, 2.24) is 4.98 Å². The first kappa shape index (κ1) is 18.5. The molecule has 0 fully saturated rings. The second-order valence-electron chi connectivity index (χ2n) is 7.54. The Labute approximate surface area is 160 Å². The standard InChI is InChI=1S/C22H26N2OS/c1-22(2,3)21-23-20(15-26-21)17-8-10-18(11-9-17)24(4)14-16-6-12-19(25-5)13-7-16/h6-13,15H,14H2,1-5H3. The topological polar surface area (TPSA) is 25.4 Å². The minimum absolute atomic E-state index is 0.0987. The van der Waals surface area contributed by atoms with Gasteiger partial charge in [-0.3, -0.25) is 0 Å². The van der Waals surface area contributed by atoms with Crippen molar-refractivity contribution in [2.75, 3.05) is 19.1 Å².